The van der Waals surface area contributed by atoms with Gasteiger partial charge in [0.25, 0.3) is 15.9 Å². The van der Waals surface area contributed by atoms with Crippen LogP contribution in [0.2, 0.25) is 0 Å². The van der Waals surface area contributed by atoms with Crippen LogP contribution in [-0.2, 0) is 10.0 Å². The lowest BCUT2D eigenvalue weighted by Gasteiger charge is -2.06. The Morgan fingerprint density at radius 1 is 0.962 bits per heavy atom. The molecule has 2 aromatic carbocycles. The quantitative estimate of drug-likeness (QED) is 0.700. The lowest BCUT2D eigenvalue weighted by molar-refractivity contribution is 0.0947. The number of hydrogen-bond donors (Lipinski definition) is 0. The molecule has 0 N–H and O–H groups in total. The number of rotatable bonds is 3. The van der Waals surface area contributed by atoms with Crippen LogP contribution in [0.5, 0.6) is 0 Å². The summed E-state index contributed by atoms with van der Waals surface area (Å²) in [5.74, 6) is -3.62. The number of carbonyl (C=O) groups is 1. The van der Waals surface area contributed by atoms with E-state index in [1.165, 1.54) is 12.1 Å². The predicted molar refractivity (Wildman–Crippen MR) is 88.5 cm³/mol. The third-order valence-electron chi connectivity index (χ3n) is 3.72. The predicted octanol–water partition coefficient (Wildman–Crippen LogP) is 2.16. The van der Waals surface area contributed by atoms with Gasteiger partial charge in [0.1, 0.15) is 17.2 Å². The molecule has 0 aliphatic rings. The largest absolute Gasteiger partial charge is 0.349 e. The number of aryl methyl sites for hydroxylation is 1. The molecule has 0 aliphatic carbocycles. The molecule has 0 bridgehead atoms. The van der Waals surface area contributed by atoms with Gasteiger partial charge in [0.2, 0.25) is 0 Å². The van der Waals surface area contributed by atoms with Gasteiger partial charge < -0.3 is 0 Å². The normalized spacial score (nSPS) is 11.5. The van der Waals surface area contributed by atoms with Crippen molar-refractivity contribution in [1.82, 2.24) is 8.54 Å². The maximum absolute atomic E-state index is 13.8. The zero-order valence-corrected chi connectivity index (χ0v) is 14.2. The van der Waals surface area contributed by atoms with Crippen molar-refractivity contribution in [1.29, 1.82) is 0 Å². The van der Waals surface area contributed by atoms with Crippen molar-refractivity contribution < 1.29 is 22.0 Å². The lowest BCUT2D eigenvalue weighted by Crippen LogP contribution is -2.33. The fourth-order valence-electron chi connectivity index (χ4n) is 2.34. The fourth-order valence-corrected chi connectivity index (χ4v) is 3.56. The molecular weight excluding hydrogens is 366 g/mol. The van der Waals surface area contributed by atoms with Gasteiger partial charge >= 0.3 is 5.69 Å². The number of nitrogens with zero attached hydrogens (tertiary/aromatic N) is 2. The molecule has 134 valence electrons. The van der Waals surface area contributed by atoms with Gasteiger partial charge in [-0.05, 0) is 31.2 Å². The van der Waals surface area contributed by atoms with E-state index in [1.54, 1.807) is 19.1 Å². The lowest BCUT2D eigenvalue weighted by atomic mass is 10.2. The molecule has 6 nitrogen and oxygen atoms in total. The second kappa shape index (κ2) is 6.34. The highest BCUT2D eigenvalue weighted by Gasteiger charge is 2.25. The molecule has 0 saturated carbocycles. The number of imidazole rings is 1. The molecule has 3 aromatic rings. The minimum absolute atomic E-state index is 0.160. The first kappa shape index (κ1) is 17.7. The van der Waals surface area contributed by atoms with Crippen LogP contribution in [-0.4, -0.2) is 22.9 Å². The molecule has 1 heterocycles. The summed E-state index contributed by atoms with van der Waals surface area (Å²) in [7, 11) is -4.26. The van der Waals surface area contributed by atoms with Crippen molar-refractivity contribution in [2.75, 3.05) is 0 Å². The van der Waals surface area contributed by atoms with Crippen LogP contribution in [0.1, 0.15) is 15.9 Å². The molecule has 0 aliphatic heterocycles. The van der Waals surface area contributed by atoms with Gasteiger partial charge in [0, 0.05) is 12.4 Å². The average molecular weight is 378 g/mol. The summed E-state index contributed by atoms with van der Waals surface area (Å²) in [5, 5.41) is 0. The average Bonchev–Trinajstić information content (AvgIpc) is 2.97. The van der Waals surface area contributed by atoms with Gasteiger partial charge in [-0.25, -0.2) is 26.6 Å². The van der Waals surface area contributed by atoms with Gasteiger partial charge in [-0.15, -0.1) is 0 Å². The second-order valence-electron chi connectivity index (χ2n) is 5.47. The van der Waals surface area contributed by atoms with Crippen molar-refractivity contribution >= 4 is 15.9 Å². The number of hydrogen-bond acceptors (Lipinski definition) is 4. The molecule has 0 spiro atoms. The highest BCUT2D eigenvalue weighted by molar-refractivity contribution is 7.90. The second-order valence-corrected chi connectivity index (χ2v) is 7.28. The molecule has 0 atom stereocenters. The van der Waals surface area contributed by atoms with Crippen molar-refractivity contribution in [3.05, 3.63) is 88.1 Å². The van der Waals surface area contributed by atoms with E-state index in [9.17, 15) is 26.8 Å². The van der Waals surface area contributed by atoms with E-state index in [4.69, 9.17) is 0 Å². The van der Waals surface area contributed by atoms with E-state index in [0.29, 0.717) is 8.54 Å². The smallest absolute Gasteiger partial charge is 0.268 e. The molecule has 0 saturated heterocycles. The van der Waals surface area contributed by atoms with Gasteiger partial charge in [-0.2, -0.15) is 3.97 Å². The fraction of sp³-hybridized carbons (Fsp3) is 0.0588. The van der Waals surface area contributed by atoms with Gasteiger partial charge in [-0.3, -0.25) is 4.79 Å². The molecule has 9 heteroatoms. The van der Waals surface area contributed by atoms with Crippen molar-refractivity contribution in [3.63, 3.8) is 0 Å². The van der Waals surface area contributed by atoms with Crippen LogP contribution in [0.3, 0.4) is 0 Å². The van der Waals surface area contributed by atoms with Crippen LogP contribution >= 0.6 is 0 Å². The first-order valence-electron chi connectivity index (χ1n) is 7.34. The van der Waals surface area contributed by atoms with Crippen molar-refractivity contribution in [2.24, 2.45) is 0 Å². The maximum Gasteiger partial charge on any atom is 0.349 e. The SMILES string of the molecule is Cc1ccc(S(=O)(=O)n2ccn(C(=O)c3c(F)cccc3F)c2=O)cc1. The van der Waals surface area contributed by atoms with Crippen molar-refractivity contribution in [3.8, 4) is 0 Å². The summed E-state index contributed by atoms with van der Waals surface area (Å²) in [6.45, 7) is 1.76. The van der Waals surface area contributed by atoms with E-state index in [1.807, 2.05) is 0 Å². The Bertz CT molecular complexity index is 1140. The molecule has 0 amide bonds. The van der Waals surface area contributed by atoms with Gasteiger partial charge in [0.05, 0.1) is 4.90 Å². The first-order valence-corrected chi connectivity index (χ1v) is 8.78. The zero-order valence-electron chi connectivity index (χ0n) is 13.4. The summed E-state index contributed by atoms with van der Waals surface area (Å²) < 4.78 is 53.3. The zero-order chi connectivity index (χ0) is 19.1. The Balaban J connectivity index is 2.10. The van der Waals surface area contributed by atoms with Crippen LogP contribution < -0.4 is 5.69 Å². The Kier molecular flexibility index (Phi) is 4.33. The Morgan fingerprint density at radius 3 is 2.12 bits per heavy atom. The molecular formula is C17H12F2N2O4S. The molecule has 0 unspecified atom stereocenters. The Hall–Kier alpha value is -3.07. The highest BCUT2D eigenvalue weighted by atomic mass is 32.2. The standard InChI is InChI=1S/C17H12F2N2O4S/c1-11-5-7-12(8-6-11)26(24,25)21-10-9-20(17(21)23)16(22)15-13(18)3-2-4-14(15)19/h2-10H,1H3. The van der Waals surface area contributed by atoms with E-state index in [-0.39, 0.29) is 4.90 Å². The molecule has 1 aromatic heterocycles. The summed E-state index contributed by atoms with van der Waals surface area (Å²) in [5.41, 5.74) is -1.38. The third kappa shape index (κ3) is 2.86. The third-order valence-corrected chi connectivity index (χ3v) is 5.38. The highest BCUT2D eigenvalue weighted by Crippen LogP contribution is 2.15. The van der Waals surface area contributed by atoms with E-state index < -0.39 is 38.8 Å². The molecule has 3 rings (SSSR count). The minimum atomic E-state index is -4.26. The molecule has 0 radical (unpaired) electrons. The number of aromatic nitrogens is 2. The minimum Gasteiger partial charge on any atom is -0.268 e. The van der Waals surface area contributed by atoms with Crippen molar-refractivity contribution in [2.45, 2.75) is 11.8 Å². The van der Waals surface area contributed by atoms with Crippen LogP contribution in [0.4, 0.5) is 8.78 Å². The van der Waals surface area contributed by atoms with Gasteiger partial charge in [-0.1, -0.05) is 23.8 Å². The summed E-state index contributed by atoms with van der Waals surface area (Å²) >= 11 is 0. The van der Waals surface area contributed by atoms with E-state index >= 15 is 0 Å². The number of benzene rings is 2. The molecule has 26 heavy (non-hydrogen) atoms. The molecule has 0 fully saturated rings. The summed E-state index contributed by atoms with van der Waals surface area (Å²) in [6.07, 6.45) is 1.70. The van der Waals surface area contributed by atoms with E-state index in [0.717, 1.165) is 36.2 Å². The van der Waals surface area contributed by atoms with Crippen LogP contribution in [0.25, 0.3) is 0 Å². The van der Waals surface area contributed by atoms with Gasteiger partial charge in [0.15, 0.2) is 0 Å². The Labute approximate surface area is 147 Å². The van der Waals surface area contributed by atoms with Crippen LogP contribution in [0.15, 0.2) is 64.5 Å². The topological polar surface area (TPSA) is 78.1 Å². The monoisotopic (exact) mass is 378 g/mol. The summed E-state index contributed by atoms with van der Waals surface area (Å²) in [6, 6.07) is 8.52. The summed E-state index contributed by atoms with van der Waals surface area (Å²) in [4.78, 5) is 24.5. The number of carbonyl (C=O) groups excluding carboxylic acids is 1. The van der Waals surface area contributed by atoms with Crippen LogP contribution in [0, 0.1) is 18.6 Å². The van der Waals surface area contributed by atoms with E-state index in [2.05, 4.69) is 0 Å². The first-order chi connectivity index (χ1) is 12.2. The Morgan fingerprint density at radius 2 is 1.54 bits per heavy atom. The number of halogens is 2. The maximum atomic E-state index is 13.8.